The molecule has 31 heavy (non-hydrogen) atoms. The summed E-state index contributed by atoms with van der Waals surface area (Å²) in [6, 6.07) is 4.48. The fourth-order valence-electron chi connectivity index (χ4n) is 3.74. The lowest BCUT2D eigenvalue weighted by atomic mass is 9.81. The number of rotatable bonds is 5. The topological polar surface area (TPSA) is 125 Å². The molecule has 0 aromatic heterocycles. The second-order valence-corrected chi connectivity index (χ2v) is 9.75. The number of amides is 2. The quantitative estimate of drug-likeness (QED) is 0.574. The average Bonchev–Trinajstić information content (AvgIpc) is 2.94. The van der Waals surface area contributed by atoms with Gasteiger partial charge in [-0.25, -0.2) is 8.42 Å². The number of alkyl halides is 3. The highest BCUT2D eigenvalue weighted by Crippen LogP contribution is 2.43. The molecule has 1 aliphatic carbocycles. The van der Waals surface area contributed by atoms with Crippen LogP contribution in [-0.2, 0) is 31.4 Å². The predicted molar refractivity (Wildman–Crippen MR) is 104 cm³/mol. The van der Waals surface area contributed by atoms with Gasteiger partial charge in [-0.15, -0.1) is 0 Å². The second kappa shape index (κ2) is 7.98. The molecule has 0 bridgehead atoms. The Morgan fingerprint density at radius 3 is 2.71 bits per heavy atom. The Hall–Kier alpha value is -2.89. The van der Waals surface area contributed by atoms with Gasteiger partial charge in [0, 0.05) is 24.6 Å². The number of nitrogens with one attached hydrogen (secondary N) is 3. The van der Waals surface area contributed by atoms with Crippen molar-refractivity contribution in [2.45, 2.75) is 31.0 Å². The molecule has 1 spiro atoms. The summed E-state index contributed by atoms with van der Waals surface area (Å²) in [4.78, 5) is 24.3. The Kier molecular flexibility index (Phi) is 5.87. The van der Waals surface area contributed by atoms with Crippen LogP contribution in [0.15, 0.2) is 30.0 Å². The first-order valence-corrected chi connectivity index (χ1v) is 11.2. The molecule has 1 heterocycles. The van der Waals surface area contributed by atoms with Crippen molar-refractivity contribution in [3.05, 3.63) is 41.1 Å². The summed E-state index contributed by atoms with van der Waals surface area (Å²) in [5.74, 6) is -2.11. The Balaban J connectivity index is 1.74. The highest BCUT2D eigenvalue weighted by molar-refractivity contribution is 7.91. The molecule has 1 aliphatic heterocycles. The molecule has 2 amide bonds. The molecular formula is C19H20F3N3O5S. The zero-order chi connectivity index (χ0) is 23.0. The number of benzene rings is 1. The maximum Gasteiger partial charge on any atom is 0.422 e. The fourth-order valence-corrected chi connectivity index (χ4v) is 4.30. The van der Waals surface area contributed by atoms with Crippen LogP contribution in [0, 0.1) is 5.41 Å². The van der Waals surface area contributed by atoms with Crippen LogP contribution in [0.3, 0.4) is 0 Å². The van der Waals surface area contributed by atoms with Crippen LogP contribution < -0.4 is 15.4 Å². The zero-order valence-corrected chi connectivity index (χ0v) is 17.2. The minimum atomic E-state index is -4.45. The minimum Gasteiger partial charge on any atom is -0.484 e. The number of carbonyl (C=O) groups excluding carboxylic acids is 2. The van der Waals surface area contributed by atoms with Gasteiger partial charge in [-0.1, -0.05) is 6.07 Å². The van der Waals surface area contributed by atoms with Gasteiger partial charge in [0.15, 0.2) is 16.4 Å². The third-order valence-corrected chi connectivity index (χ3v) is 5.77. The van der Waals surface area contributed by atoms with Crippen molar-refractivity contribution in [2.24, 2.45) is 0 Å². The molecule has 168 valence electrons. The van der Waals surface area contributed by atoms with Crippen LogP contribution in [0.1, 0.15) is 24.0 Å². The van der Waals surface area contributed by atoms with E-state index in [4.69, 9.17) is 10.1 Å². The first-order chi connectivity index (χ1) is 14.3. The van der Waals surface area contributed by atoms with E-state index in [9.17, 15) is 31.2 Å². The monoisotopic (exact) mass is 459 g/mol. The minimum absolute atomic E-state index is 0.0475. The molecule has 2 aliphatic rings. The average molecular weight is 459 g/mol. The fraction of sp³-hybridized carbons (Fsp3) is 0.421. The van der Waals surface area contributed by atoms with Gasteiger partial charge >= 0.3 is 6.18 Å². The van der Waals surface area contributed by atoms with Gasteiger partial charge in [-0.3, -0.25) is 9.59 Å². The molecule has 1 fully saturated rings. The molecule has 0 saturated carbocycles. The number of ether oxygens (including phenoxy) is 1. The van der Waals surface area contributed by atoms with Crippen molar-refractivity contribution < 1.29 is 35.9 Å². The molecule has 1 aromatic carbocycles. The SMILES string of the molecule is CS(=O)(=O)CC(=O)N/C=C1/C(=N)C[C@]2(CCc3cc(OCC(F)(F)F)ccc32)NC1=O. The van der Waals surface area contributed by atoms with E-state index in [1.165, 1.54) is 12.1 Å². The van der Waals surface area contributed by atoms with E-state index in [1.807, 2.05) is 0 Å². The van der Waals surface area contributed by atoms with Gasteiger partial charge in [0.25, 0.3) is 5.91 Å². The highest BCUT2D eigenvalue weighted by atomic mass is 32.2. The van der Waals surface area contributed by atoms with Crippen LogP contribution in [0.2, 0.25) is 0 Å². The predicted octanol–water partition coefficient (Wildman–Crippen LogP) is 1.35. The Labute approximate surface area is 176 Å². The van der Waals surface area contributed by atoms with Crippen molar-refractivity contribution in [3.8, 4) is 5.75 Å². The molecular weight excluding hydrogens is 439 g/mol. The van der Waals surface area contributed by atoms with E-state index in [1.54, 1.807) is 6.07 Å². The first-order valence-electron chi connectivity index (χ1n) is 9.18. The smallest absolute Gasteiger partial charge is 0.422 e. The Morgan fingerprint density at radius 1 is 1.39 bits per heavy atom. The summed E-state index contributed by atoms with van der Waals surface area (Å²) < 4.78 is 64.2. The molecule has 1 saturated heterocycles. The van der Waals surface area contributed by atoms with E-state index < -0.39 is 45.7 Å². The second-order valence-electron chi connectivity index (χ2n) is 7.61. The van der Waals surface area contributed by atoms with Crippen LogP contribution in [0.5, 0.6) is 5.75 Å². The third-order valence-electron chi connectivity index (χ3n) is 4.99. The van der Waals surface area contributed by atoms with Crippen molar-refractivity contribution in [2.75, 3.05) is 18.6 Å². The third kappa shape index (κ3) is 5.43. The number of sulfone groups is 1. The van der Waals surface area contributed by atoms with Gasteiger partial charge in [0.1, 0.15) is 11.5 Å². The van der Waals surface area contributed by atoms with Crippen LogP contribution >= 0.6 is 0 Å². The van der Waals surface area contributed by atoms with E-state index in [2.05, 4.69) is 10.6 Å². The number of piperidine rings is 1. The lowest BCUT2D eigenvalue weighted by Crippen LogP contribution is -2.52. The standard InChI is InChI=1S/C19H20F3N3O5S/c1-31(28,29)9-16(26)24-8-13-15(23)7-18(25-17(13)27)5-4-11-6-12(2-3-14(11)18)30-10-19(20,21)22/h2-3,6,8,23H,4-5,7,9-10H2,1H3,(H,24,26)(H,25,27)/b13-8-,23-15?/t18-/m0/s1. The van der Waals surface area contributed by atoms with Gasteiger partial charge in [0.2, 0.25) is 5.91 Å². The molecule has 8 nitrogen and oxygen atoms in total. The molecule has 1 aromatic rings. The molecule has 3 N–H and O–H groups in total. The van der Waals surface area contributed by atoms with E-state index in [-0.39, 0.29) is 23.5 Å². The Morgan fingerprint density at radius 2 is 2.10 bits per heavy atom. The summed E-state index contributed by atoms with van der Waals surface area (Å²) in [5.41, 5.74) is 0.409. The van der Waals surface area contributed by atoms with E-state index in [0.29, 0.717) is 18.4 Å². The van der Waals surface area contributed by atoms with Crippen LogP contribution in [0.25, 0.3) is 0 Å². The maximum atomic E-state index is 12.6. The maximum absolute atomic E-state index is 12.6. The number of halogens is 3. The first kappa shape index (κ1) is 22.8. The summed E-state index contributed by atoms with van der Waals surface area (Å²) in [7, 11) is -3.54. The molecule has 3 rings (SSSR count). The normalized spacial score (nSPS) is 22.4. The zero-order valence-electron chi connectivity index (χ0n) is 16.4. The van der Waals surface area contributed by atoms with Gasteiger partial charge in [-0.2, -0.15) is 13.2 Å². The van der Waals surface area contributed by atoms with Crippen molar-refractivity contribution in [1.29, 1.82) is 5.41 Å². The van der Waals surface area contributed by atoms with Gasteiger partial charge < -0.3 is 20.8 Å². The number of hydrogen-bond donors (Lipinski definition) is 3. The van der Waals surface area contributed by atoms with Crippen molar-refractivity contribution in [3.63, 3.8) is 0 Å². The number of carbonyl (C=O) groups is 2. The largest absolute Gasteiger partial charge is 0.484 e. The number of fused-ring (bicyclic) bond motifs is 2. The van der Waals surface area contributed by atoms with Crippen LogP contribution in [-0.4, -0.2) is 50.7 Å². The van der Waals surface area contributed by atoms with Crippen molar-refractivity contribution >= 4 is 27.4 Å². The van der Waals surface area contributed by atoms with Gasteiger partial charge in [0.05, 0.1) is 11.1 Å². The molecule has 1 atom stereocenters. The van der Waals surface area contributed by atoms with E-state index >= 15 is 0 Å². The summed E-state index contributed by atoms with van der Waals surface area (Å²) in [6.07, 6.45) is -1.49. The van der Waals surface area contributed by atoms with Crippen molar-refractivity contribution in [1.82, 2.24) is 10.6 Å². The molecule has 12 heteroatoms. The lowest BCUT2D eigenvalue weighted by molar-refractivity contribution is -0.153. The number of aryl methyl sites for hydroxylation is 1. The lowest BCUT2D eigenvalue weighted by Gasteiger charge is -2.36. The molecule has 0 radical (unpaired) electrons. The van der Waals surface area contributed by atoms with Crippen LogP contribution in [0.4, 0.5) is 13.2 Å². The van der Waals surface area contributed by atoms with Gasteiger partial charge in [-0.05, 0) is 36.1 Å². The Bertz CT molecular complexity index is 1060. The molecule has 0 unspecified atom stereocenters. The summed E-state index contributed by atoms with van der Waals surface area (Å²) in [6.45, 7) is -1.41. The highest BCUT2D eigenvalue weighted by Gasteiger charge is 2.45. The van der Waals surface area contributed by atoms with E-state index in [0.717, 1.165) is 18.0 Å². The number of hydrogen-bond acceptors (Lipinski definition) is 6. The summed E-state index contributed by atoms with van der Waals surface area (Å²) in [5, 5.41) is 13.3. The summed E-state index contributed by atoms with van der Waals surface area (Å²) >= 11 is 0.